The zero-order chi connectivity index (χ0) is 19.2. The molecule has 7 nitrogen and oxygen atoms in total. The fourth-order valence-corrected chi connectivity index (χ4v) is 2.93. The molecule has 8 heteroatoms. The molecule has 0 bridgehead atoms. The van der Waals surface area contributed by atoms with E-state index in [0.717, 1.165) is 4.90 Å². The van der Waals surface area contributed by atoms with Gasteiger partial charge in [-0.3, -0.25) is 9.59 Å². The number of ether oxygens (including phenoxy) is 2. The number of nitrogens with one attached hydrogen (secondary N) is 2. The second-order valence-corrected chi connectivity index (χ2v) is 6.69. The number of aliphatic hydroxyl groups is 1. The van der Waals surface area contributed by atoms with Gasteiger partial charge in [0.1, 0.15) is 13.2 Å². The summed E-state index contributed by atoms with van der Waals surface area (Å²) >= 11 is 1.60. The molecule has 0 fully saturated rings. The molecular weight excluding hydrogens is 368 g/mol. The molecule has 0 spiro atoms. The minimum atomic E-state index is -0.896. The van der Waals surface area contributed by atoms with Crippen molar-refractivity contribution in [1.82, 2.24) is 5.32 Å². The van der Waals surface area contributed by atoms with Gasteiger partial charge >= 0.3 is 11.8 Å². The number of thioether (sulfide) groups is 1. The van der Waals surface area contributed by atoms with Crippen LogP contribution in [0.15, 0.2) is 47.4 Å². The zero-order valence-corrected chi connectivity index (χ0v) is 15.5. The van der Waals surface area contributed by atoms with Crippen molar-refractivity contribution in [2.24, 2.45) is 0 Å². The number of rotatable bonds is 5. The Labute approximate surface area is 161 Å². The molecule has 0 saturated heterocycles. The molecule has 3 rings (SSSR count). The van der Waals surface area contributed by atoms with Gasteiger partial charge in [-0.1, -0.05) is 12.1 Å². The number of hydrogen-bond acceptors (Lipinski definition) is 6. The number of amides is 2. The van der Waals surface area contributed by atoms with Crippen LogP contribution in [0.2, 0.25) is 0 Å². The van der Waals surface area contributed by atoms with Crippen molar-refractivity contribution in [3.05, 3.63) is 48.0 Å². The summed E-state index contributed by atoms with van der Waals surface area (Å²) < 4.78 is 10.8. The van der Waals surface area contributed by atoms with Gasteiger partial charge in [0.15, 0.2) is 11.5 Å². The monoisotopic (exact) mass is 388 g/mol. The highest BCUT2D eigenvalue weighted by atomic mass is 32.2. The lowest BCUT2D eigenvalue weighted by atomic mass is 10.1. The summed E-state index contributed by atoms with van der Waals surface area (Å²) in [6.45, 7) is 0.843. The largest absolute Gasteiger partial charge is 0.486 e. The van der Waals surface area contributed by atoms with Gasteiger partial charge in [-0.2, -0.15) is 0 Å². The smallest absolute Gasteiger partial charge is 0.313 e. The van der Waals surface area contributed by atoms with Crippen molar-refractivity contribution in [3.63, 3.8) is 0 Å². The van der Waals surface area contributed by atoms with Crippen LogP contribution in [0.3, 0.4) is 0 Å². The molecule has 2 amide bonds. The first-order chi connectivity index (χ1) is 13.1. The summed E-state index contributed by atoms with van der Waals surface area (Å²) in [7, 11) is 0. The van der Waals surface area contributed by atoms with E-state index in [4.69, 9.17) is 9.47 Å². The lowest BCUT2D eigenvalue weighted by Gasteiger charge is -2.19. The fraction of sp³-hybridized carbons (Fsp3) is 0.263. The molecule has 0 aromatic heterocycles. The van der Waals surface area contributed by atoms with E-state index in [-0.39, 0.29) is 6.54 Å². The minimum absolute atomic E-state index is 0.0635. The first kappa shape index (κ1) is 19.1. The van der Waals surface area contributed by atoms with Crippen LogP contribution in [0.25, 0.3) is 0 Å². The van der Waals surface area contributed by atoms with Crippen LogP contribution in [0.4, 0.5) is 5.69 Å². The predicted molar refractivity (Wildman–Crippen MR) is 102 cm³/mol. The standard InChI is InChI=1S/C19H20N2O5S/c1-27-14-5-2-12(3-6-14)15(22)11-20-18(23)19(24)21-13-4-7-16-17(10-13)26-9-8-25-16/h2-7,10,15,22H,8-9,11H2,1H3,(H,20,23)(H,21,24). The molecule has 0 aliphatic carbocycles. The highest BCUT2D eigenvalue weighted by Gasteiger charge is 2.18. The third-order valence-electron chi connectivity index (χ3n) is 3.96. The van der Waals surface area contributed by atoms with E-state index in [2.05, 4.69) is 10.6 Å². The van der Waals surface area contributed by atoms with E-state index in [9.17, 15) is 14.7 Å². The summed E-state index contributed by atoms with van der Waals surface area (Å²) in [6.07, 6.45) is 1.07. The summed E-state index contributed by atoms with van der Waals surface area (Å²) in [5, 5.41) is 15.1. The third-order valence-corrected chi connectivity index (χ3v) is 4.71. The second-order valence-electron chi connectivity index (χ2n) is 5.81. The first-order valence-corrected chi connectivity index (χ1v) is 9.60. The number of anilines is 1. The molecule has 0 radical (unpaired) electrons. The number of carbonyl (C=O) groups is 2. The molecule has 142 valence electrons. The van der Waals surface area contributed by atoms with Crippen molar-refractivity contribution in [2.45, 2.75) is 11.0 Å². The van der Waals surface area contributed by atoms with E-state index >= 15 is 0 Å². The quantitative estimate of drug-likeness (QED) is 0.535. The van der Waals surface area contributed by atoms with E-state index in [1.807, 2.05) is 18.4 Å². The van der Waals surface area contributed by atoms with Crippen LogP contribution in [-0.2, 0) is 9.59 Å². The van der Waals surface area contributed by atoms with Crippen LogP contribution < -0.4 is 20.1 Å². The van der Waals surface area contributed by atoms with Gasteiger partial charge < -0.3 is 25.2 Å². The molecule has 1 heterocycles. The van der Waals surface area contributed by atoms with Crippen LogP contribution >= 0.6 is 11.8 Å². The van der Waals surface area contributed by atoms with E-state index < -0.39 is 17.9 Å². The van der Waals surface area contributed by atoms with Gasteiger partial charge in [0, 0.05) is 23.2 Å². The van der Waals surface area contributed by atoms with Crippen molar-refractivity contribution < 1.29 is 24.2 Å². The van der Waals surface area contributed by atoms with Crippen LogP contribution in [0.1, 0.15) is 11.7 Å². The van der Waals surface area contributed by atoms with Gasteiger partial charge in [-0.15, -0.1) is 11.8 Å². The second kappa shape index (κ2) is 8.79. The Hall–Kier alpha value is -2.71. The van der Waals surface area contributed by atoms with E-state index in [1.165, 1.54) is 0 Å². The Balaban J connectivity index is 1.52. The molecule has 2 aromatic carbocycles. The topological polar surface area (TPSA) is 96.9 Å². The number of aliphatic hydroxyl groups excluding tert-OH is 1. The van der Waals surface area contributed by atoms with Gasteiger partial charge in [-0.25, -0.2) is 0 Å². The summed E-state index contributed by atoms with van der Waals surface area (Å²) in [4.78, 5) is 25.1. The van der Waals surface area contributed by atoms with Crippen molar-refractivity contribution >= 4 is 29.3 Å². The Morgan fingerprint density at radius 1 is 1.07 bits per heavy atom. The predicted octanol–water partition coefficient (Wildman–Crippen LogP) is 1.97. The average Bonchev–Trinajstić information content (AvgIpc) is 2.71. The molecule has 1 aliphatic heterocycles. The molecule has 1 unspecified atom stereocenters. The number of carbonyl (C=O) groups excluding carboxylic acids is 2. The normalized spacial score (nSPS) is 13.6. The van der Waals surface area contributed by atoms with Crippen LogP contribution in [-0.4, -0.2) is 42.9 Å². The fourth-order valence-electron chi connectivity index (χ4n) is 2.52. The maximum atomic E-state index is 12.0. The van der Waals surface area contributed by atoms with Gasteiger partial charge in [-0.05, 0) is 36.1 Å². The molecule has 1 aliphatic rings. The lowest BCUT2D eigenvalue weighted by molar-refractivity contribution is -0.136. The van der Waals surface area contributed by atoms with Gasteiger partial charge in [0.05, 0.1) is 6.10 Å². The zero-order valence-electron chi connectivity index (χ0n) is 14.7. The highest BCUT2D eigenvalue weighted by molar-refractivity contribution is 7.98. The first-order valence-electron chi connectivity index (χ1n) is 8.37. The molecule has 0 saturated carbocycles. The minimum Gasteiger partial charge on any atom is -0.486 e. The van der Waals surface area contributed by atoms with Crippen molar-refractivity contribution in [2.75, 3.05) is 31.3 Å². The summed E-state index contributed by atoms with van der Waals surface area (Å²) in [6, 6.07) is 12.3. The van der Waals surface area contributed by atoms with Crippen molar-refractivity contribution in [3.8, 4) is 11.5 Å². The average molecular weight is 388 g/mol. The molecule has 3 N–H and O–H groups in total. The summed E-state index contributed by atoms with van der Waals surface area (Å²) in [5.74, 6) is -0.538. The van der Waals surface area contributed by atoms with Gasteiger partial charge in [0.2, 0.25) is 0 Å². The molecule has 1 atom stereocenters. The maximum Gasteiger partial charge on any atom is 0.313 e. The van der Waals surface area contributed by atoms with Crippen molar-refractivity contribution in [1.29, 1.82) is 0 Å². The maximum absolute atomic E-state index is 12.0. The number of hydrogen-bond donors (Lipinski definition) is 3. The third kappa shape index (κ3) is 4.93. The molecular formula is C19H20N2O5S. The number of fused-ring (bicyclic) bond motifs is 1. The Bertz CT molecular complexity index is 825. The Kier molecular flexibility index (Phi) is 6.20. The SMILES string of the molecule is CSc1ccc(C(O)CNC(=O)C(=O)Nc2ccc3c(c2)OCCO3)cc1. The van der Waals surface area contributed by atoms with E-state index in [1.54, 1.807) is 42.1 Å². The Morgan fingerprint density at radius 2 is 1.78 bits per heavy atom. The van der Waals surface area contributed by atoms with Crippen LogP contribution in [0.5, 0.6) is 11.5 Å². The number of benzene rings is 2. The summed E-state index contributed by atoms with van der Waals surface area (Å²) in [5.41, 5.74) is 1.09. The lowest BCUT2D eigenvalue weighted by Crippen LogP contribution is -2.37. The van der Waals surface area contributed by atoms with E-state index in [0.29, 0.717) is 36.0 Å². The Morgan fingerprint density at radius 3 is 2.48 bits per heavy atom. The molecule has 27 heavy (non-hydrogen) atoms. The molecule has 2 aromatic rings. The highest BCUT2D eigenvalue weighted by Crippen LogP contribution is 2.32. The van der Waals surface area contributed by atoms with Crippen LogP contribution in [0, 0.1) is 0 Å². The van der Waals surface area contributed by atoms with Gasteiger partial charge in [0.25, 0.3) is 0 Å².